The number of hydrogen-bond acceptors (Lipinski definition) is 5. The topological polar surface area (TPSA) is 58.0 Å². The number of rotatable bonds is 6. The van der Waals surface area contributed by atoms with Crippen molar-refractivity contribution in [3.63, 3.8) is 0 Å². The molecular formula is C13H17N3OS. The molecular weight excluding hydrogens is 246 g/mol. The van der Waals surface area contributed by atoms with Crippen LogP contribution in [0.1, 0.15) is 30.3 Å². The summed E-state index contributed by atoms with van der Waals surface area (Å²) in [6, 6.07) is 7.88. The van der Waals surface area contributed by atoms with Gasteiger partial charge in [0.1, 0.15) is 5.82 Å². The Morgan fingerprint density at radius 1 is 1.33 bits per heavy atom. The van der Waals surface area contributed by atoms with E-state index in [0.717, 1.165) is 34.9 Å². The van der Waals surface area contributed by atoms with Gasteiger partial charge in [0.15, 0.2) is 0 Å². The zero-order chi connectivity index (χ0) is 12.8. The SMILES string of the molecule is CCCc1nsc(NCc2cccc(CO)c2)n1. The van der Waals surface area contributed by atoms with Gasteiger partial charge in [0.25, 0.3) is 0 Å². The number of aryl methyl sites for hydroxylation is 1. The molecule has 1 aromatic heterocycles. The summed E-state index contributed by atoms with van der Waals surface area (Å²) in [4.78, 5) is 4.40. The van der Waals surface area contributed by atoms with E-state index in [1.807, 2.05) is 24.3 Å². The van der Waals surface area contributed by atoms with Crippen molar-refractivity contribution < 1.29 is 5.11 Å². The molecule has 96 valence electrons. The van der Waals surface area contributed by atoms with Gasteiger partial charge in [-0.15, -0.1) is 0 Å². The fourth-order valence-electron chi connectivity index (χ4n) is 1.67. The molecule has 4 nitrogen and oxygen atoms in total. The molecule has 18 heavy (non-hydrogen) atoms. The smallest absolute Gasteiger partial charge is 0.202 e. The molecule has 0 radical (unpaired) electrons. The molecule has 0 bridgehead atoms. The predicted octanol–water partition coefficient (Wildman–Crippen LogP) is 2.60. The van der Waals surface area contributed by atoms with Gasteiger partial charge in [0.05, 0.1) is 6.61 Å². The number of nitrogens with zero attached hydrogens (tertiary/aromatic N) is 2. The number of hydrogen-bond donors (Lipinski definition) is 2. The second-order valence-corrected chi connectivity index (χ2v) is 4.85. The molecule has 0 amide bonds. The van der Waals surface area contributed by atoms with Crippen molar-refractivity contribution in [1.82, 2.24) is 9.36 Å². The molecule has 5 heteroatoms. The predicted molar refractivity (Wildman–Crippen MR) is 73.6 cm³/mol. The van der Waals surface area contributed by atoms with E-state index < -0.39 is 0 Å². The lowest BCUT2D eigenvalue weighted by molar-refractivity contribution is 0.281. The molecule has 0 saturated heterocycles. The highest BCUT2D eigenvalue weighted by atomic mass is 32.1. The Balaban J connectivity index is 1.93. The van der Waals surface area contributed by atoms with Crippen molar-refractivity contribution in [2.24, 2.45) is 0 Å². The van der Waals surface area contributed by atoms with Crippen molar-refractivity contribution in [3.05, 3.63) is 41.2 Å². The van der Waals surface area contributed by atoms with E-state index in [2.05, 4.69) is 21.6 Å². The highest BCUT2D eigenvalue weighted by Gasteiger charge is 2.02. The van der Waals surface area contributed by atoms with Crippen LogP contribution in [0, 0.1) is 0 Å². The lowest BCUT2D eigenvalue weighted by atomic mass is 10.1. The minimum atomic E-state index is 0.0767. The zero-order valence-electron chi connectivity index (χ0n) is 10.4. The summed E-state index contributed by atoms with van der Waals surface area (Å²) in [5, 5.41) is 13.2. The van der Waals surface area contributed by atoms with E-state index in [-0.39, 0.29) is 6.61 Å². The van der Waals surface area contributed by atoms with Crippen molar-refractivity contribution >= 4 is 16.7 Å². The normalized spacial score (nSPS) is 10.6. The van der Waals surface area contributed by atoms with E-state index in [4.69, 9.17) is 5.11 Å². The monoisotopic (exact) mass is 263 g/mol. The second-order valence-electron chi connectivity index (χ2n) is 4.10. The maximum absolute atomic E-state index is 9.07. The number of nitrogens with one attached hydrogen (secondary N) is 1. The van der Waals surface area contributed by atoms with Crippen molar-refractivity contribution in [1.29, 1.82) is 0 Å². The van der Waals surface area contributed by atoms with Gasteiger partial charge < -0.3 is 10.4 Å². The first-order valence-corrected chi connectivity index (χ1v) is 6.84. The number of aliphatic hydroxyl groups excluding tert-OH is 1. The van der Waals surface area contributed by atoms with Crippen LogP contribution in [0.3, 0.4) is 0 Å². The van der Waals surface area contributed by atoms with Gasteiger partial charge >= 0.3 is 0 Å². The van der Waals surface area contributed by atoms with Gasteiger partial charge in [0, 0.05) is 24.5 Å². The van der Waals surface area contributed by atoms with E-state index in [9.17, 15) is 0 Å². The van der Waals surface area contributed by atoms with E-state index in [1.54, 1.807) is 0 Å². The number of aliphatic hydroxyl groups is 1. The Bertz CT molecular complexity index is 498. The Morgan fingerprint density at radius 2 is 2.17 bits per heavy atom. The van der Waals surface area contributed by atoms with Crippen LogP contribution >= 0.6 is 11.5 Å². The zero-order valence-corrected chi connectivity index (χ0v) is 11.2. The molecule has 2 rings (SSSR count). The Hall–Kier alpha value is -1.46. The van der Waals surface area contributed by atoms with Gasteiger partial charge in [0.2, 0.25) is 5.13 Å². The first-order valence-electron chi connectivity index (χ1n) is 6.07. The molecule has 0 saturated carbocycles. The second kappa shape index (κ2) is 6.47. The molecule has 0 aliphatic rings. The third-order valence-corrected chi connectivity index (χ3v) is 3.27. The first-order chi connectivity index (χ1) is 8.81. The quantitative estimate of drug-likeness (QED) is 0.841. The van der Waals surface area contributed by atoms with Crippen LogP contribution in [-0.4, -0.2) is 14.5 Å². The molecule has 0 aliphatic heterocycles. The standard InChI is InChI=1S/C13H17N3OS/c1-2-4-12-15-13(18-16-12)14-8-10-5-3-6-11(7-10)9-17/h3,5-7,17H,2,4,8-9H2,1H3,(H,14,15,16). The van der Waals surface area contributed by atoms with E-state index >= 15 is 0 Å². The summed E-state index contributed by atoms with van der Waals surface area (Å²) in [6.07, 6.45) is 1.99. The number of anilines is 1. The molecule has 0 spiro atoms. The van der Waals surface area contributed by atoms with Gasteiger partial charge in [-0.25, -0.2) is 4.98 Å². The molecule has 0 aliphatic carbocycles. The maximum Gasteiger partial charge on any atom is 0.202 e. The van der Waals surface area contributed by atoms with E-state index in [1.165, 1.54) is 11.5 Å². The Kier molecular flexibility index (Phi) is 4.66. The maximum atomic E-state index is 9.07. The molecule has 2 aromatic rings. The summed E-state index contributed by atoms with van der Waals surface area (Å²) >= 11 is 1.40. The third kappa shape index (κ3) is 3.51. The van der Waals surface area contributed by atoms with Crippen LogP contribution in [-0.2, 0) is 19.6 Å². The van der Waals surface area contributed by atoms with Crippen molar-refractivity contribution in [2.45, 2.75) is 32.9 Å². The van der Waals surface area contributed by atoms with Crippen LogP contribution in [0.25, 0.3) is 0 Å². The summed E-state index contributed by atoms with van der Waals surface area (Å²) in [5.41, 5.74) is 2.06. The van der Waals surface area contributed by atoms with Crippen molar-refractivity contribution in [3.8, 4) is 0 Å². The van der Waals surface area contributed by atoms with Crippen LogP contribution in [0.5, 0.6) is 0 Å². The summed E-state index contributed by atoms with van der Waals surface area (Å²) in [5.74, 6) is 0.911. The Labute approximate surface area is 111 Å². The minimum Gasteiger partial charge on any atom is -0.392 e. The molecule has 1 aromatic carbocycles. The average Bonchev–Trinajstić information content (AvgIpc) is 2.85. The van der Waals surface area contributed by atoms with Crippen LogP contribution in [0.15, 0.2) is 24.3 Å². The number of aromatic nitrogens is 2. The Morgan fingerprint density at radius 3 is 2.94 bits per heavy atom. The van der Waals surface area contributed by atoms with Gasteiger partial charge in [-0.2, -0.15) is 4.37 Å². The molecule has 0 fully saturated rings. The number of benzene rings is 1. The largest absolute Gasteiger partial charge is 0.392 e. The minimum absolute atomic E-state index is 0.0767. The summed E-state index contributed by atoms with van der Waals surface area (Å²) in [7, 11) is 0. The lowest BCUT2D eigenvalue weighted by Crippen LogP contribution is -2.00. The van der Waals surface area contributed by atoms with Crippen LogP contribution in [0.4, 0.5) is 5.13 Å². The fourth-order valence-corrected chi connectivity index (χ4v) is 2.27. The van der Waals surface area contributed by atoms with Gasteiger partial charge in [-0.1, -0.05) is 31.2 Å². The average molecular weight is 263 g/mol. The highest BCUT2D eigenvalue weighted by molar-refractivity contribution is 7.09. The molecule has 2 N–H and O–H groups in total. The van der Waals surface area contributed by atoms with Crippen LogP contribution < -0.4 is 5.32 Å². The highest BCUT2D eigenvalue weighted by Crippen LogP contribution is 2.14. The summed E-state index contributed by atoms with van der Waals surface area (Å²) in [6.45, 7) is 2.90. The van der Waals surface area contributed by atoms with Gasteiger partial charge in [-0.3, -0.25) is 0 Å². The third-order valence-electron chi connectivity index (χ3n) is 2.56. The van der Waals surface area contributed by atoms with Crippen LogP contribution in [0.2, 0.25) is 0 Å². The fraction of sp³-hybridized carbons (Fsp3) is 0.385. The molecule has 1 heterocycles. The molecule has 0 atom stereocenters. The van der Waals surface area contributed by atoms with Crippen molar-refractivity contribution in [2.75, 3.05) is 5.32 Å². The lowest BCUT2D eigenvalue weighted by Gasteiger charge is -2.04. The van der Waals surface area contributed by atoms with Gasteiger partial charge in [-0.05, 0) is 17.5 Å². The summed E-state index contributed by atoms with van der Waals surface area (Å²) < 4.78 is 4.28. The van der Waals surface area contributed by atoms with E-state index in [0.29, 0.717) is 6.54 Å². The first kappa shape index (κ1) is 13.0. The molecule has 0 unspecified atom stereocenters.